The van der Waals surface area contributed by atoms with Crippen molar-refractivity contribution < 1.29 is 0 Å². The van der Waals surface area contributed by atoms with Crippen molar-refractivity contribution in [1.82, 2.24) is 0 Å². The molecule has 3 aromatic rings. The molecule has 3 heteroatoms. The maximum Gasteiger partial charge on any atom is 0.0933 e. The molecule has 2 heterocycles. The van der Waals surface area contributed by atoms with E-state index in [1.54, 1.807) is 22.7 Å². The molecule has 1 aromatic carbocycles. The molecule has 0 aliphatic carbocycles. The SMILES string of the molecule is Cc1ccccc1Nc1ccc(-c2cccs2)s1. The van der Waals surface area contributed by atoms with Crippen LogP contribution in [0.3, 0.4) is 0 Å². The standard InChI is InChI=1S/C15H13NS2/c1-11-5-2-3-6-12(11)16-15-9-8-14(18-15)13-7-4-10-17-13/h2-10,16H,1H3. The molecule has 0 aliphatic rings. The minimum absolute atomic E-state index is 1.18. The first-order chi connectivity index (χ1) is 8.83. The Bertz CT molecular complexity index is 638. The van der Waals surface area contributed by atoms with E-state index in [1.807, 2.05) is 0 Å². The van der Waals surface area contributed by atoms with Crippen LogP contribution in [0.1, 0.15) is 5.56 Å². The third-order valence-corrected chi connectivity index (χ3v) is 4.84. The smallest absolute Gasteiger partial charge is 0.0933 e. The first-order valence-electron chi connectivity index (χ1n) is 5.79. The van der Waals surface area contributed by atoms with E-state index in [-0.39, 0.29) is 0 Å². The first kappa shape index (κ1) is 11.5. The summed E-state index contributed by atoms with van der Waals surface area (Å²) in [5.74, 6) is 0. The van der Waals surface area contributed by atoms with Gasteiger partial charge in [0.2, 0.25) is 0 Å². The number of hydrogen-bond acceptors (Lipinski definition) is 3. The van der Waals surface area contributed by atoms with E-state index in [0.29, 0.717) is 0 Å². The molecule has 18 heavy (non-hydrogen) atoms. The predicted molar refractivity (Wildman–Crippen MR) is 82.1 cm³/mol. The summed E-state index contributed by atoms with van der Waals surface area (Å²) < 4.78 is 0. The van der Waals surface area contributed by atoms with Crippen LogP contribution in [-0.4, -0.2) is 0 Å². The second-order valence-electron chi connectivity index (χ2n) is 4.08. The highest BCUT2D eigenvalue weighted by Crippen LogP contribution is 2.35. The van der Waals surface area contributed by atoms with Crippen molar-refractivity contribution in [3.63, 3.8) is 0 Å². The maximum absolute atomic E-state index is 3.48. The van der Waals surface area contributed by atoms with Gasteiger partial charge in [-0.3, -0.25) is 0 Å². The molecule has 90 valence electrons. The zero-order chi connectivity index (χ0) is 12.4. The monoisotopic (exact) mass is 271 g/mol. The molecule has 0 fully saturated rings. The van der Waals surface area contributed by atoms with E-state index in [9.17, 15) is 0 Å². The zero-order valence-corrected chi connectivity index (χ0v) is 11.6. The number of rotatable bonds is 3. The van der Waals surface area contributed by atoms with Gasteiger partial charge in [0, 0.05) is 15.4 Å². The lowest BCUT2D eigenvalue weighted by atomic mass is 10.2. The van der Waals surface area contributed by atoms with Gasteiger partial charge in [0.05, 0.1) is 5.00 Å². The lowest BCUT2D eigenvalue weighted by molar-refractivity contribution is 1.45. The summed E-state index contributed by atoms with van der Waals surface area (Å²) in [4.78, 5) is 2.65. The van der Waals surface area contributed by atoms with E-state index in [0.717, 1.165) is 0 Å². The highest BCUT2D eigenvalue weighted by atomic mass is 32.1. The topological polar surface area (TPSA) is 12.0 Å². The Hall–Kier alpha value is -1.58. The van der Waals surface area contributed by atoms with Gasteiger partial charge in [-0.2, -0.15) is 0 Å². The Morgan fingerprint density at radius 1 is 0.889 bits per heavy atom. The average Bonchev–Trinajstić information content (AvgIpc) is 3.02. The summed E-state index contributed by atoms with van der Waals surface area (Å²) in [6.45, 7) is 2.12. The summed E-state index contributed by atoms with van der Waals surface area (Å²) in [5.41, 5.74) is 2.45. The van der Waals surface area contributed by atoms with E-state index < -0.39 is 0 Å². The number of para-hydroxylation sites is 1. The molecular formula is C15H13NS2. The Kier molecular flexibility index (Phi) is 3.17. The van der Waals surface area contributed by atoms with Gasteiger partial charge in [-0.1, -0.05) is 24.3 Å². The van der Waals surface area contributed by atoms with Crippen LogP contribution in [-0.2, 0) is 0 Å². The highest BCUT2D eigenvalue weighted by molar-refractivity contribution is 7.23. The van der Waals surface area contributed by atoms with Gasteiger partial charge in [-0.05, 0) is 42.1 Å². The molecule has 0 amide bonds. The number of hydrogen-bond donors (Lipinski definition) is 1. The van der Waals surface area contributed by atoms with Crippen LogP contribution in [0.2, 0.25) is 0 Å². The predicted octanol–water partition coefficient (Wildman–Crippen LogP) is 5.53. The second-order valence-corrected chi connectivity index (χ2v) is 6.11. The van der Waals surface area contributed by atoms with Crippen LogP contribution in [0, 0.1) is 6.92 Å². The molecule has 0 saturated carbocycles. The van der Waals surface area contributed by atoms with E-state index in [4.69, 9.17) is 0 Å². The Morgan fingerprint density at radius 3 is 2.56 bits per heavy atom. The Labute approximate surface area is 115 Å². The zero-order valence-electron chi connectivity index (χ0n) is 10.0. The summed E-state index contributed by atoms with van der Waals surface area (Å²) in [5, 5.41) is 6.78. The number of thiophene rings is 2. The van der Waals surface area contributed by atoms with E-state index >= 15 is 0 Å². The van der Waals surface area contributed by atoms with Crippen molar-refractivity contribution >= 4 is 33.4 Å². The van der Waals surface area contributed by atoms with Crippen molar-refractivity contribution in [1.29, 1.82) is 0 Å². The van der Waals surface area contributed by atoms with Gasteiger partial charge in [-0.15, -0.1) is 22.7 Å². The van der Waals surface area contributed by atoms with Gasteiger partial charge < -0.3 is 5.32 Å². The van der Waals surface area contributed by atoms with Gasteiger partial charge in [0.25, 0.3) is 0 Å². The maximum atomic E-state index is 3.48. The molecule has 0 radical (unpaired) electrons. The van der Waals surface area contributed by atoms with E-state index in [1.165, 1.54) is 26.0 Å². The van der Waals surface area contributed by atoms with Crippen molar-refractivity contribution in [3.8, 4) is 9.75 Å². The minimum Gasteiger partial charge on any atom is -0.347 e. The van der Waals surface area contributed by atoms with Crippen LogP contribution in [0.25, 0.3) is 9.75 Å². The Balaban J connectivity index is 1.85. The molecule has 1 N–H and O–H groups in total. The van der Waals surface area contributed by atoms with Gasteiger partial charge in [0.15, 0.2) is 0 Å². The fourth-order valence-electron chi connectivity index (χ4n) is 1.80. The lowest BCUT2D eigenvalue weighted by Crippen LogP contribution is -1.89. The average molecular weight is 271 g/mol. The van der Waals surface area contributed by atoms with Crippen molar-refractivity contribution in [2.24, 2.45) is 0 Å². The van der Waals surface area contributed by atoms with Crippen LogP contribution in [0.4, 0.5) is 10.7 Å². The molecule has 0 unspecified atom stereocenters. The molecule has 2 aromatic heterocycles. The second kappa shape index (κ2) is 4.96. The minimum atomic E-state index is 1.18. The van der Waals surface area contributed by atoms with E-state index in [2.05, 4.69) is 66.2 Å². The quantitative estimate of drug-likeness (QED) is 0.660. The lowest BCUT2D eigenvalue weighted by Gasteiger charge is -2.06. The molecule has 0 aliphatic heterocycles. The number of anilines is 2. The molecule has 0 bridgehead atoms. The number of benzene rings is 1. The summed E-state index contributed by atoms with van der Waals surface area (Å²) in [6.07, 6.45) is 0. The van der Waals surface area contributed by atoms with Crippen LogP contribution < -0.4 is 5.32 Å². The van der Waals surface area contributed by atoms with Crippen LogP contribution >= 0.6 is 22.7 Å². The van der Waals surface area contributed by atoms with Crippen LogP contribution in [0.15, 0.2) is 53.9 Å². The third-order valence-electron chi connectivity index (χ3n) is 2.77. The molecule has 0 atom stereocenters. The largest absolute Gasteiger partial charge is 0.347 e. The highest BCUT2D eigenvalue weighted by Gasteiger charge is 2.04. The van der Waals surface area contributed by atoms with Gasteiger partial charge in [0.1, 0.15) is 0 Å². The number of aryl methyl sites for hydroxylation is 1. The third kappa shape index (κ3) is 2.33. The fourth-order valence-corrected chi connectivity index (χ4v) is 3.56. The summed E-state index contributed by atoms with van der Waals surface area (Å²) >= 11 is 3.57. The van der Waals surface area contributed by atoms with Gasteiger partial charge >= 0.3 is 0 Å². The number of nitrogens with one attached hydrogen (secondary N) is 1. The van der Waals surface area contributed by atoms with Crippen molar-refractivity contribution in [2.75, 3.05) is 5.32 Å². The molecule has 3 rings (SSSR count). The summed E-state index contributed by atoms with van der Waals surface area (Å²) in [6, 6.07) is 16.9. The molecule has 0 saturated heterocycles. The van der Waals surface area contributed by atoms with Gasteiger partial charge in [-0.25, -0.2) is 0 Å². The van der Waals surface area contributed by atoms with Crippen molar-refractivity contribution in [2.45, 2.75) is 6.92 Å². The molecule has 0 spiro atoms. The van der Waals surface area contributed by atoms with Crippen LogP contribution in [0.5, 0.6) is 0 Å². The molecule has 1 nitrogen and oxygen atoms in total. The Morgan fingerprint density at radius 2 is 1.78 bits per heavy atom. The summed E-state index contributed by atoms with van der Waals surface area (Å²) in [7, 11) is 0. The van der Waals surface area contributed by atoms with Crippen molar-refractivity contribution in [3.05, 3.63) is 59.5 Å². The molecular weight excluding hydrogens is 258 g/mol. The normalized spacial score (nSPS) is 10.5. The fraction of sp³-hybridized carbons (Fsp3) is 0.0667. The first-order valence-corrected chi connectivity index (χ1v) is 7.49.